The van der Waals surface area contributed by atoms with Crippen molar-refractivity contribution >= 4 is 11.8 Å². The molecule has 0 aromatic heterocycles. The van der Waals surface area contributed by atoms with Crippen LogP contribution in [-0.4, -0.2) is 35.9 Å². The number of hydrogen-bond donors (Lipinski definition) is 1. The van der Waals surface area contributed by atoms with Crippen molar-refractivity contribution in [2.24, 2.45) is 0 Å². The van der Waals surface area contributed by atoms with Crippen LogP contribution in [0, 0.1) is 0 Å². The van der Waals surface area contributed by atoms with Gasteiger partial charge in [-0.2, -0.15) is 0 Å². The van der Waals surface area contributed by atoms with E-state index >= 15 is 0 Å². The quantitative estimate of drug-likeness (QED) is 0.824. The largest absolute Gasteiger partial charge is 0.330 e. The molecule has 1 aliphatic rings. The van der Waals surface area contributed by atoms with Crippen LogP contribution in [-0.2, 0) is 20.8 Å². The fourth-order valence-electron chi connectivity index (χ4n) is 2.42. The first-order valence-corrected chi connectivity index (χ1v) is 6.97. The lowest BCUT2D eigenvalue weighted by atomic mass is 10.1. The molecule has 1 saturated heterocycles. The molecule has 1 fully saturated rings. The van der Waals surface area contributed by atoms with Gasteiger partial charge in [0.1, 0.15) is 6.04 Å². The number of nitrogens with one attached hydrogen (secondary N) is 1. The maximum absolute atomic E-state index is 12.3. The Morgan fingerprint density at radius 1 is 1.35 bits per heavy atom. The molecular weight excluding hydrogens is 256 g/mol. The fraction of sp³-hybridized carbons (Fsp3) is 0.467. The molecule has 1 heterocycles. The van der Waals surface area contributed by atoms with Crippen molar-refractivity contribution in [3.05, 3.63) is 35.9 Å². The summed E-state index contributed by atoms with van der Waals surface area (Å²) >= 11 is 0. The number of rotatable bonds is 5. The van der Waals surface area contributed by atoms with Gasteiger partial charge in [0.25, 0.3) is 5.91 Å². The molecule has 0 unspecified atom stereocenters. The molecule has 5 heteroatoms. The highest BCUT2D eigenvalue weighted by atomic mass is 16.6. The Morgan fingerprint density at radius 3 is 2.80 bits per heavy atom. The molecule has 1 aliphatic heterocycles. The third kappa shape index (κ3) is 3.57. The summed E-state index contributed by atoms with van der Waals surface area (Å²) in [7, 11) is 0. The highest BCUT2D eigenvalue weighted by Gasteiger charge is 2.33. The van der Waals surface area contributed by atoms with E-state index in [0.717, 1.165) is 12.0 Å². The van der Waals surface area contributed by atoms with Crippen LogP contribution in [0.15, 0.2) is 30.3 Å². The fourth-order valence-corrected chi connectivity index (χ4v) is 2.42. The normalized spacial score (nSPS) is 18.1. The van der Waals surface area contributed by atoms with Gasteiger partial charge < -0.3 is 4.90 Å². The smallest absolute Gasteiger partial charge is 0.266 e. The molecule has 2 rings (SSSR count). The number of nitrogens with zero attached hydrogens (tertiary/aromatic N) is 1. The number of hydroxylamine groups is 1. The van der Waals surface area contributed by atoms with Gasteiger partial charge in [-0.15, -0.1) is 0 Å². The summed E-state index contributed by atoms with van der Waals surface area (Å²) in [5.41, 5.74) is 3.36. The van der Waals surface area contributed by atoms with Crippen molar-refractivity contribution in [3.8, 4) is 0 Å². The maximum atomic E-state index is 12.3. The Hall–Kier alpha value is -1.88. The van der Waals surface area contributed by atoms with E-state index in [1.165, 1.54) is 0 Å². The molecule has 1 N–H and O–H groups in total. The van der Waals surface area contributed by atoms with Crippen molar-refractivity contribution in [1.29, 1.82) is 0 Å². The summed E-state index contributed by atoms with van der Waals surface area (Å²) in [5, 5.41) is 0. The first-order chi connectivity index (χ1) is 9.72. The summed E-state index contributed by atoms with van der Waals surface area (Å²) in [6, 6.07) is 9.17. The van der Waals surface area contributed by atoms with Crippen molar-refractivity contribution in [2.45, 2.75) is 32.2 Å². The van der Waals surface area contributed by atoms with Gasteiger partial charge in [0, 0.05) is 6.54 Å². The first-order valence-electron chi connectivity index (χ1n) is 6.97. The highest BCUT2D eigenvalue weighted by molar-refractivity contribution is 5.88. The van der Waals surface area contributed by atoms with Crippen LogP contribution >= 0.6 is 0 Å². The third-order valence-electron chi connectivity index (χ3n) is 3.39. The highest BCUT2D eigenvalue weighted by Crippen LogP contribution is 2.19. The molecule has 5 nitrogen and oxygen atoms in total. The maximum Gasteiger partial charge on any atom is 0.266 e. The number of likely N-dealkylation sites (tertiary alicyclic amines) is 1. The number of hydrogen-bond acceptors (Lipinski definition) is 3. The third-order valence-corrected chi connectivity index (χ3v) is 3.39. The lowest BCUT2D eigenvalue weighted by molar-refractivity contribution is -0.144. The first kappa shape index (κ1) is 14.5. The molecule has 0 bridgehead atoms. The van der Waals surface area contributed by atoms with E-state index in [9.17, 15) is 9.59 Å². The van der Waals surface area contributed by atoms with Crippen molar-refractivity contribution < 1.29 is 14.4 Å². The van der Waals surface area contributed by atoms with Gasteiger partial charge in [0.15, 0.2) is 0 Å². The average molecular weight is 276 g/mol. The van der Waals surface area contributed by atoms with E-state index in [1.807, 2.05) is 30.3 Å². The van der Waals surface area contributed by atoms with E-state index < -0.39 is 6.04 Å². The van der Waals surface area contributed by atoms with Crippen molar-refractivity contribution in [2.75, 3.05) is 13.2 Å². The summed E-state index contributed by atoms with van der Waals surface area (Å²) in [6.07, 6.45) is 1.88. The zero-order chi connectivity index (χ0) is 14.4. The van der Waals surface area contributed by atoms with Crippen molar-refractivity contribution in [3.63, 3.8) is 0 Å². The molecule has 2 amide bonds. The summed E-state index contributed by atoms with van der Waals surface area (Å²) in [6.45, 7) is 2.85. The molecule has 108 valence electrons. The summed E-state index contributed by atoms with van der Waals surface area (Å²) in [4.78, 5) is 30.8. The van der Waals surface area contributed by atoms with E-state index in [4.69, 9.17) is 4.84 Å². The van der Waals surface area contributed by atoms with Gasteiger partial charge in [0.05, 0.1) is 13.0 Å². The minimum Gasteiger partial charge on any atom is -0.330 e. The molecule has 0 saturated carbocycles. The van der Waals surface area contributed by atoms with E-state index in [2.05, 4.69) is 5.48 Å². The van der Waals surface area contributed by atoms with E-state index in [0.29, 0.717) is 26.0 Å². The van der Waals surface area contributed by atoms with Crippen LogP contribution in [0.5, 0.6) is 0 Å². The van der Waals surface area contributed by atoms with Crippen LogP contribution in [0.2, 0.25) is 0 Å². The minimum absolute atomic E-state index is 0.00894. The van der Waals surface area contributed by atoms with Gasteiger partial charge >= 0.3 is 0 Å². The lowest BCUT2D eigenvalue weighted by Gasteiger charge is -2.23. The molecular formula is C15H20N2O3. The Morgan fingerprint density at radius 2 is 2.10 bits per heavy atom. The molecule has 1 aromatic carbocycles. The van der Waals surface area contributed by atoms with Gasteiger partial charge in [-0.1, -0.05) is 30.3 Å². The molecule has 0 spiro atoms. The van der Waals surface area contributed by atoms with E-state index in [-0.39, 0.29) is 11.8 Å². The summed E-state index contributed by atoms with van der Waals surface area (Å²) < 4.78 is 0. The van der Waals surface area contributed by atoms with Crippen LogP contribution in [0.3, 0.4) is 0 Å². The monoisotopic (exact) mass is 276 g/mol. The Kier molecular flexibility index (Phi) is 5.12. The molecule has 1 aromatic rings. The zero-order valence-corrected chi connectivity index (χ0v) is 11.7. The van der Waals surface area contributed by atoms with Gasteiger partial charge in [-0.3, -0.25) is 14.4 Å². The van der Waals surface area contributed by atoms with Crippen molar-refractivity contribution in [1.82, 2.24) is 10.4 Å². The molecule has 20 heavy (non-hydrogen) atoms. The van der Waals surface area contributed by atoms with E-state index in [1.54, 1.807) is 11.8 Å². The second kappa shape index (κ2) is 7.05. The van der Waals surface area contributed by atoms with Gasteiger partial charge in [0.2, 0.25) is 5.91 Å². The Bertz CT molecular complexity index is 461. The number of carbonyl (C=O) groups excluding carboxylic acids is 2. The Balaban J connectivity index is 1.96. The zero-order valence-electron chi connectivity index (χ0n) is 11.7. The average Bonchev–Trinajstić information content (AvgIpc) is 2.95. The van der Waals surface area contributed by atoms with Crippen LogP contribution in [0.1, 0.15) is 25.3 Å². The molecule has 0 aliphatic carbocycles. The van der Waals surface area contributed by atoms with Crippen LogP contribution in [0.25, 0.3) is 0 Å². The number of amides is 2. The van der Waals surface area contributed by atoms with Gasteiger partial charge in [-0.05, 0) is 25.3 Å². The molecule has 0 radical (unpaired) electrons. The van der Waals surface area contributed by atoms with Crippen LogP contribution in [0.4, 0.5) is 0 Å². The predicted octanol–water partition coefficient (Wildman–Crippen LogP) is 1.29. The minimum atomic E-state index is -0.405. The number of carbonyl (C=O) groups is 2. The summed E-state index contributed by atoms with van der Waals surface area (Å²) in [5.74, 6) is -0.240. The lowest BCUT2D eigenvalue weighted by Crippen LogP contribution is -2.46. The number of benzene rings is 1. The van der Waals surface area contributed by atoms with Crippen LogP contribution < -0.4 is 5.48 Å². The second-order valence-corrected chi connectivity index (χ2v) is 4.81. The second-order valence-electron chi connectivity index (χ2n) is 4.81. The molecule has 1 atom stereocenters. The Labute approximate surface area is 118 Å². The van der Waals surface area contributed by atoms with Gasteiger partial charge in [-0.25, -0.2) is 5.48 Å². The topological polar surface area (TPSA) is 58.6 Å². The SMILES string of the molecule is CCONC(=O)[C@H]1CCCN1C(=O)Cc1ccccc1. The predicted molar refractivity (Wildman–Crippen MR) is 74.6 cm³/mol. The standard InChI is InChI=1S/C15H20N2O3/c1-2-20-16-15(19)13-9-6-10-17(13)14(18)11-12-7-4-3-5-8-12/h3-5,7-8,13H,2,6,9-11H2,1H3,(H,16,19)/t13-/m1/s1.